The molecule has 0 spiro atoms. The number of methoxy groups -OCH3 is 2. The molecule has 0 saturated carbocycles. The number of carbonyl (C=O) groups excluding carboxylic acids is 3. The molecule has 0 unspecified atom stereocenters. The Morgan fingerprint density at radius 2 is 1.51 bits per heavy atom. The maximum Gasteiger partial charge on any atom is 0.324 e. The van der Waals surface area contributed by atoms with Crippen LogP contribution in [-0.4, -0.2) is 43.5 Å². The summed E-state index contributed by atoms with van der Waals surface area (Å²) in [5.41, 5.74) is 1.94. The Labute approximate surface area is 202 Å². The highest BCUT2D eigenvalue weighted by atomic mass is 16.5. The zero-order valence-electron chi connectivity index (χ0n) is 19.4. The molecule has 0 aromatic heterocycles. The molecule has 9 nitrogen and oxygen atoms in total. The molecule has 0 radical (unpaired) electrons. The van der Waals surface area contributed by atoms with Gasteiger partial charge in [-0.25, -0.2) is 4.79 Å². The van der Waals surface area contributed by atoms with Crippen LogP contribution in [0.25, 0.3) is 0 Å². The molecule has 0 bridgehead atoms. The third-order valence-electron chi connectivity index (χ3n) is 5.42. The van der Waals surface area contributed by atoms with Gasteiger partial charge in [0.05, 0.1) is 19.8 Å². The van der Waals surface area contributed by atoms with Gasteiger partial charge in [0.25, 0.3) is 5.91 Å². The normalized spacial score (nSPS) is 12.8. The molecule has 1 aliphatic heterocycles. The van der Waals surface area contributed by atoms with Gasteiger partial charge in [-0.15, -0.1) is 0 Å². The summed E-state index contributed by atoms with van der Waals surface area (Å²) in [6, 6.07) is 19.3. The molecule has 3 aromatic carbocycles. The van der Waals surface area contributed by atoms with Crippen LogP contribution in [0.5, 0.6) is 23.0 Å². The number of ether oxygens (including phenoxy) is 3. The SMILES string of the molecule is COc1ccc(Oc2ccc(CNC(=O)c3cc(CN4CC(=O)NC4=O)ccc3OC)cc2)cc1. The summed E-state index contributed by atoms with van der Waals surface area (Å²) in [4.78, 5) is 37.5. The van der Waals surface area contributed by atoms with Crippen molar-refractivity contribution in [1.82, 2.24) is 15.5 Å². The molecular formula is C26H25N3O6. The first-order valence-corrected chi connectivity index (χ1v) is 10.9. The summed E-state index contributed by atoms with van der Waals surface area (Å²) in [7, 11) is 3.09. The molecule has 1 saturated heterocycles. The largest absolute Gasteiger partial charge is 0.497 e. The van der Waals surface area contributed by atoms with Crippen molar-refractivity contribution in [2.24, 2.45) is 0 Å². The van der Waals surface area contributed by atoms with Crippen molar-refractivity contribution in [3.63, 3.8) is 0 Å². The minimum atomic E-state index is -0.448. The zero-order valence-corrected chi connectivity index (χ0v) is 19.4. The van der Waals surface area contributed by atoms with Gasteiger partial charge in [-0.2, -0.15) is 0 Å². The molecule has 0 atom stereocenters. The number of rotatable bonds is 9. The monoisotopic (exact) mass is 475 g/mol. The summed E-state index contributed by atoms with van der Waals surface area (Å²) in [5, 5.41) is 5.13. The zero-order chi connectivity index (χ0) is 24.8. The number of hydrogen-bond acceptors (Lipinski definition) is 6. The standard InChI is InChI=1S/C26H25N3O6/c1-33-19-8-10-21(11-9-19)35-20-6-3-17(4-7-20)14-27-25(31)22-13-18(5-12-23(22)34-2)15-29-16-24(30)28-26(29)32/h3-13H,14-16H2,1-2H3,(H,27,31)(H,28,30,32). The van der Waals surface area contributed by atoms with Gasteiger partial charge in [-0.3, -0.25) is 14.9 Å². The van der Waals surface area contributed by atoms with E-state index in [0.717, 1.165) is 11.3 Å². The van der Waals surface area contributed by atoms with Crippen molar-refractivity contribution >= 4 is 17.8 Å². The summed E-state index contributed by atoms with van der Waals surface area (Å²) in [5.74, 6) is 1.86. The van der Waals surface area contributed by atoms with E-state index in [9.17, 15) is 14.4 Å². The van der Waals surface area contributed by atoms with Crippen molar-refractivity contribution in [2.75, 3.05) is 20.8 Å². The smallest absolute Gasteiger partial charge is 0.324 e. The average Bonchev–Trinajstić information content (AvgIpc) is 3.19. The molecule has 35 heavy (non-hydrogen) atoms. The summed E-state index contributed by atoms with van der Waals surface area (Å²) >= 11 is 0. The van der Waals surface area contributed by atoms with E-state index in [1.54, 1.807) is 25.3 Å². The van der Waals surface area contributed by atoms with E-state index < -0.39 is 6.03 Å². The molecule has 9 heteroatoms. The Hall–Kier alpha value is -4.53. The predicted octanol–water partition coefficient (Wildman–Crippen LogP) is 3.48. The fourth-order valence-corrected chi connectivity index (χ4v) is 3.59. The molecule has 1 aliphatic rings. The lowest BCUT2D eigenvalue weighted by Crippen LogP contribution is -2.28. The molecule has 4 rings (SSSR count). The second-order valence-corrected chi connectivity index (χ2v) is 7.85. The fourth-order valence-electron chi connectivity index (χ4n) is 3.59. The highest BCUT2D eigenvalue weighted by Gasteiger charge is 2.27. The maximum absolute atomic E-state index is 12.9. The van der Waals surface area contributed by atoms with Crippen LogP contribution >= 0.6 is 0 Å². The van der Waals surface area contributed by atoms with Crippen molar-refractivity contribution in [2.45, 2.75) is 13.1 Å². The molecule has 0 aliphatic carbocycles. The van der Waals surface area contributed by atoms with E-state index in [0.29, 0.717) is 34.9 Å². The lowest BCUT2D eigenvalue weighted by Gasteiger charge is -2.15. The van der Waals surface area contributed by atoms with Crippen LogP contribution in [0.4, 0.5) is 4.79 Å². The van der Waals surface area contributed by atoms with E-state index in [2.05, 4.69) is 10.6 Å². The van der Waals surface area contributed by atoms with Gasteiger partial charge in [-0.1, -0.05) is 18.2 Å². The Kier molecular flexibility index (Phi) is 7.15. The van der Waals surface area contributed by atoms with Crippen LogP contribution in [0, 0.1) is 0 Å². The van der Waals surface area contributed by atoms with Gasteiger partial charge < -0.3 is 24.4 Å². The number of nitrogens with one attached hydrogen (secondary N) is 2. The Balaban J connectivity index is 1.37. The average molecular weight is 476 g/mol. The Morgan fingerprint density at radius 3 is 2.11 bits per heavy atom. The van der Waals surface area contributed by atoms with Crippen LogP contribution in [0.2, 0.25) is 0 Å². The quantitative estimate of drug-likeness (QED) is 0.459. The predicted molar refractivity (Wildman–Crippen MR) is 128 cm³/mol. The van der Waals surface area contributed by atoms with Crippen LogP contribution in [0.1, 0.15) is 21.5 Å². The number of amides is 4. The fraction of sp³-hybridized carbons (Fsp3) is 0.192. The van der Waals surface area contributed by atoms with E-state index in [1.807, 2.05) is 48.5 Å². The minimum Gasteiger partial charge on any atom is -0.497 e. The van der Waals surface area contributed by atoms with E-state index in [4.69, 9.17) is 14.2 Å². The Morgan fingerprint density at radius 1 is 0.886 bits per heavy atom. The van der Waals surface area contributed by atoms with Crippen molar-refractivity contribution in [3.05, 3.63) is 83.4 Å². The summed E-state index contributed by atoms with van der Waals surface area (Å²) < 4.78 is 16.3. The second kappa shape index (κ2) is 10.6. The van der Waals surface area contributed by atoms with Gasteiger partial charge in [-0.05, 0) is 59.7 Å². The number of benzene rings is 3. The third kappa shape index (κ3) is 5.89. The molecule has 180 valence electrons. The highest BCUT2D eigenvalue weighted by molar-refractivity contribution is 6.02. The lowest BCUT2D eigenvalue weighted by molar-refractivity contribution is -0.118. The molecular weight excluding hydrogens is 450 g/mol. The topological polar surface area (TPSA) is 106 Å². The second-order valence-electron chi connectivity index (χ2n) is 7.85. The lowest BCUT2D eigenvalue weighted by atomic mass is 10.1. The molecule has 1 fully saturated rings. The van der Waals surface area contributed by atoms with Crippen molar-refractivity contribution < 1.29 is 28.6 Å². The van der Waals surface area contributed by atoms with E-state index >= 15 is 0 Å². The van der Waals surface area contributed by atoms with Crippen molar-refractivity contribution in [3.8, 4) is 23.0 Å². The van der Waals surface area contributed by atoms with Crippen LogP contribution in [-0.2, 0) is 17.9 Å². The third-order valence-corrected chi connectivity index (χ3v) is 5.42. The first-order chi connectivity index (χ1) is 16.9. The molecule has 4 amide bonds. The number of nitrogens with zero attached hydrogens (tertiary/aromatic N) is 1. The Bertz CT molecular complexity index is 1220. The number of hydrogen-bond donors (Lipinski definition) is 2. The number of carbonyl (C=O) groups is 3. The van der Waals surface area contributed by atoms with E-state index in [-0.39, 0.29) is 24.9 Å². The van der Waals surface area contributed by atoms with Crippen molar-refractivity contribution in [1.29, 1.82) is 0 Å². The van der Waals surface area contributed by atoms with E-state index in [1.165, 1.54) is 12.0 Å². The maximum atomic E-state index is 12.9. The highest BCUT2D eigenvalue weighted by Crippen LogP contribution is 2.25. The molecule has 1 heterocycles. The minimum absolute atomic E-state index is 0.00936. The number of urea groups is 1. The van der Waals surface area contributed by atoms with Gasteiger partial charge in [0.15, 0.2) is 0 Å². The molecule has 3 aromatic rings. The van der Waals surface area contributed by atoms with Gasteiger partial charge in [0.1, 0.15) is 29.5 Å². The summed E-state index contributed by atoms with van der Waals surface area (Å²) in [6.07, 6.45) is 0. The first kappa shape index (κ1) is 23.6. The van der Waals surface area contributed by atoms with Crippen LogP contribution < -0.4 is 24.8 Å². The van der Waals surface area contributed by atoms with Crippen LogP contribution in [0.15, 0.2) is 66.7 Å². The van der Waals surface area contributed by atoms with Gasteiger partial charge >= 0.3 is 6.03 Å². The summed E-state index contributed by atoms with van der Waals surface area (Å²) in [6.45, 7) is 0.500. The first-order valence-electron chi connectivity index (χ1n) is 10.9. The van der Waals surface area contributed by atoms with Crippen LogP contribution in [0.3, 0.4) is 0 Å². The van der Waals surface area contributed by atoms with Gasteiger partial charge in [0.2, 0.25) is 5.91 Å². The number of imide groups is 1. The van der Waals surface area contributed by atoms with Gasteiger partial charge in [0, 0.05) is 13.1 Å². The molecule has 2 N–H and O–H groups in total.